The lowest BCUT2D eigenvalue weighted by Gasteiger charge is -2.35. The van der Waals surface area contributed by atoms with Gasteiger partial charge >= 0.3 is 0 Å². The van der Waals surface area contributed by atoms with Crippen molar-refractivity contribution < 1.29 is 5.11 Å². The second kappa shape index (κ2) is 8.19. The van der Waals surface area contributed by atoms with Crippen molar-refractivity contribution in [1.29, 1.82) is 0 Å². The van der Waals surface area contributed by atoms with Crippen molar-refractivity contribution in [2.45, 2.75) is 19.9 Å². The number of pyridine rings is 1. The predicted molar refractivity (Wildman–Crippen MR) is 82.0 cm³/mol. The second-order valence-corrected chi connectivity index (χ2v) is 5.25. The quantitative estimate of drug-likeness (QED) is 0.719. The molecule has 1 fully saturated rings. The van der Waals surface area contributed by atoms with Crippen molar-refractivity contribution in [2.75, 3.05) is 50.8 Å². The molecule has 1 aliphatic heterocycles. The zero-order chi connectivity index (χ0) is 14.2. The molecule has 0 amide bonds. The molecule has 0 unspecified atom stereocenters. The summed E-state index contributed by atoms with van der Waals surface area (Å²) >= 11 is 0. The summed E-state index contributed by atoms with van der Waals surface area (Å²) in [6.45, 7) is 9.12. The molecule has 0 aromatic carbocycles. The molecule has 20 heavy (non-hydrogen) atoms. The van der Waals surface area contributed by atoms with Gasteiger partial charge in [-0.15, -0.1) is 0 Å². The van der Waals surface area contributed by atoms with Crippen LogP contribution >= 0.6 is 0 Å². The van der Waals surface area contributed by atoms with E-state index in [9.17, 15) is 0 Å². The Bertz CT molecular complexity index is 374. The highest BCUT2D eigenvalue weighted by atomic mass is 16.3. The molecule has 0 spiro atoms. The lowest BCUT2D eigenvalue weighted by Crippen LogP contribution is -2.47. The van der Waals surface area contributed by atoms with Gasteiger partial charge in [0.1, 0.15) is 5.82 Å². The van der Waals surface area contributed by atoms with E-state index in [2.05, 4.69) is 39.2 Å². The van der Waals surface area contributed by atoms with E-state index in [1.54, 1.807) is 0 Å². The highest BCUT2D eigenvalue weighted by molar-refractivity contribution is 5.39. The number of nitrogens with zero attached hydrogens (tertiary/aromatic N) is 3. The van der Waals surface area contributed by atoms with Gasteiger partial charge in [0.2, 0.25) is 0 Å². The van der Waals surface area contributed by atoms with E-state index in [-0.39, 0.29) is 6.61 Å². The third-order valence-corrected chi connectivity index (χ3v) is 3.68. The first-order valence-corrected chi connectivity index (χ1v) is 7.57. The number of hydrogen-bond donors (Lipinski definition) is 2. The van der Waals surface area contributed by atoms with Gasteiger partial charge in [-0.2, -0.15) is 0 Å². The van der Waals surface area contributed by atoms with Gasteiger partial charge < -0.3 is 15.3 Å². The average molecular weight is 278 g/mol. The summed E-state index contributed by atoms with van der Waals surface area (Å²) in [5.41, 5.74) is 1.24. The molecule has 1 aliphatic rings. The van der Waals surface area contributed by atoms with Crippen LogP contribution in [0.2, 0.25) is 0 Å². The second-order valence-electron chi connectivity index (χ2n) is 5.25. The third-order valence-electron chi connectivity index (χ3n) is 3.68. The number of anilines is 1. The van der Waals surface area contributed by atoms with E-state index in [0.717, 1.165) is 58.1 Å². The van der Waals surface area contributed by atoms with E-state index in [1.807, 2.05) is 6.20 Å². The Balaban J connectivity index is 1.81. The maximum Gasteiger partial charge on any atom is 0.128 e. The topological polar surface area (TPSA) is 51.6 Å². The van der Waals surface area contributed by atoms with Crippen LogP contribution in [0.3, 0.4) is 0 Å². The predicted octanol–water partition coefficient (Wildman–Crippen LogP) is 0.695. The van der Waals surface area contributed by atoms with Crippen LogP contribution in [0.5, 0.6) is 0 Å². The molecule has 2 N–H and O–H groups in total. The molecule has 0 saturated carbocycles. The SMILES string of the molecule is CCCNCc1ccc(N2CCN(CCO)CC2)nc1. The van der Waals surface area contributed by atoms with Crippen LogP contribution in [-0.4, -0.2) is 60.9 Å². The summed E-state index contributed by atoms with van der Waals surface area (Å²) in [6.07, 6.45) is 3.13. The Labute approximate surface area is 121 Å². The number of β-amino-alcohol motifs (C(OH)–C–C–N with tert-alkyl or cyclic N) is 1. The lowest BCUT2D eigenvalue weighted by molar-refractivity contribution is 0.188. The molecule has 5 heteroatoms. The highest BCUT2D eigenvalue weighted by Crippen LogP contribution is 2.13. The number of hydrogen-bond acceptors (Lipinski definition) is 5. The molecule has 0 bridgehead atoms. The van der Waals surface area contributed by atoms with Crippen molar-refractivity contribution in [3.63, 3.8) is 0 Å². The summed E-state index contributed by atoms with van der Waals surface area (Å²) in [7, 11) is 0. The molecule has 2 heterocycles. The number of piperazine rings is 1. The Hall–Kier alpha value is -1.17. The number of aromatic nitrogens is 1. The maximum atomic E-state index is 8.95. The maximum absolute atomic E-state index is 8.95. The Morgan fingerprint density at radius 1 is 1.25 bits per heavy atom. The smallest absolute Gasteiger partial charge is 0.128 e. The Kier molecular flexibility index (Phi) is 6.24. The van der Waals surface area contributed by atoms with Gasteiger partial charge in [-0.25, -0.2) is 4.98 Å². The van der Waals surface area contributed by atoms with Crippen molar-refractivity contribution in [1.82, 2.24) is 15.2 Å². The molecule has 1 saturated heterocycles. The average Bonchev–Trinajstić information content (AvgIpc) is 2.49. The number of nitrogens with one attached hydrogen (secondary N) is 1. The van der Waals surface area contributed by atoms with E-state index < -0.39 is 0 Å². The molecular formula is C15H26N4O. The summed E-state index contributed by atoms with van der Waals surface area (Å²) < 4.78 is 0. The Morgan fingerprint density at radius 3 is 2.65 bits per heavy atom. The fraction of sp³-hybridized carbons (Fsp3) is 0.667. The van der Waals surface area contributed by atoms with Crippen LogP contribution in [0.15, 0.2) is 18.3 Å². The number of aliphatic hydroxyl groups excluding tert-OH is 1. The monoisotopic (exact) mass is 278 g/mol. The first kappa shape index (κ1) is 15.2. The standard InChI is InChI=1S/C15H26N4O/c1-2-5-16-12-14-3-4-15(17-13-14)19-8-6-18(7-9-19)10-11-20/h3-4,13,16,20H,2,5-12H2,1H3. The van der Waals surface area contributed by atoms with Crippen LogP contribution in [0.25, 0.3) is 0 Å². The minimum absolute atomic E-state index is 0.248. The van der Waals surface area contributed by atoms with E-state index >= 15 is 0 Å². The van der Waals surface area contributed by atoms with E-state index in [4.69, 9.17) is 5.11 Å². The fourth-order valence-electron chi connectivity index (χ4n) is 2.46. The van der Waals surface area contributed by atoms with Gasteiger partial charge in [0.25, 0.3) is 0 Å². The fourth-order valence-corrected chi connectivity index (χ4v) is 2.46. The van der Waals surface area contributed by atoms with Crippen molar-refractivity contribution in [3.05, 3.63) is 23.9 Å². The van der Waals surface area contributed by atoms with Gasteiger partial charge in [0.05, 0.1) is 6.61 Å². The van der Waals surface area contributed by atoms with Crippen LogP contribution in [0, 0.1) is 0 Å². The molecule has 0 radical (unpaired) electrons. The first-order chi connectivity index (χ1) is 9.83. The van der Waals surface area contributed by atoms with E-state index in [0.29, 0.717) is 0 Å². The number of rotatable bonds is 7. The normalized spacial score (nSPS) is 16.6. The zero-order valence-corrected chi connectivity index (χ0v) is 12.4. The summed E-state index contributed by atoms with van der Waals surface area (Å²) in [5.74, 6) is 1.06. The first-order valence-electron chi connectivity index (χ1n) is 7.57. The van der Waals surface area contributed by atoms with Gasteiger partial charge in [0, 0.05) is 45.5 Å². The summed E-state index contributed by atoms with van der Waals surface area (Å²) in [5, 5.41) is 12.3. The highest BCUT2D eigenvalue weighted by Gasteiger charge is 2.17. The van der Waals surface area contributed by atoms with Gasteiger partial charge in [-0.1, -0.05) is 13.0 Å². The minimum Gasteiger partial charge on any atom is -0.395 e. The largest absolute Gasteiger partial charge is 0.395 e. The summed E-state index contributed by atoms with van der Waals surface area (Å²) in [6, 6.07) is 4.27. The van der Waals surface area contributed by atoms with Crippen molar-refractivity contribution in [2.24, 2.45) is 0 Å². The van der Waals surface area contributed by atoms with E-state index in [1.165, 1.54) is 5.56 Å². The number of aliphatic hydroxyl groups is 1. The molecular weight excluding hydrogens is 252 g/mol. The van der Waals surface area contributed by atoms with Gasteiger partial charge in [0.15, 0.2) is 0 Å². The molecule has 0 aliphatic carbocycles. The zero-order valence-electron chi connectivity index (χ0n) is 12.4. The van der Waals surface area contributed by atoms with Crippen LogP contribution in [0.4, 0.5) is 5.82 Å². The summed E-state index contributed by atoms with van der Waals surface area (Å²) in [4.78, 5) is 9.18. The van der Waals surface area contributed by atoms with Crippen LogP contribution in [0.1, 0.15) is 18.9 Å². The third kappa shape index (κ3) is 4.44. The van der Waals surface area contributed by atoms with Crippen molar-refractivity contribution in [3.8, 4) is 0 Å². The molecule has 5 nitrogen and oxygen atoms in total. The lowest BCUT2D eigenvalue weighted by atomic mass is 10.2. The molecule has 1 aromatic rings. The Morgan fingerprint density at radius 2 is 2.05 bits per heavy atom. The van der Waals surface area contributed by atoms with Crippen molar-refractivity contribution >= 4 is 5.82 Å². The minimum atomic E-state index is 0.248. The molecule has 112 valence electrons. The molecule has 1 aromatic heterocycles. The molecule has 2 rings (SSSR count). The van der Waals surface area contributed by atoms with Crippen LogP contribution < -0.4 is 10.2 Å². The van der Waals surface area contributed by atoms with Gasteiger partial charge in [-0.05, 0) is 24.6 Å². The molecule has 0 atom stereocenters. The van der Waals surface area contributed by atoms with Gasteiger partial charge in [-0.3, -0.25) is 4.90 Å². The van der Waals surface area contributed by atoms with Crippen LogP contribution in [-0.2, 0) is 6.54 Å².